The van der Waals surface area contributed by atoms with Crippen LogP contribution in [0.1, 0.15) is 41.7 Å². The Morgan fingerprint density at radius 1 is 1.35 bits per heavy atom. The van der Waals surface area contributed by atoms with Gasteiger partial charge in [-0.25, -0.2) is 9.78 Å². The third-order valence-electron chi connectivity index (χ3n) is 2.49. The Kier molecular flexibility index (Phi) is 5.24. The van der Waals surface area contributed by atoms with Crippen molar-refractivity contribution in [2.45, 2.75) is 26.8 Å². The first kappa shape index (κ1) is 15.7. The standard InChI is InChI=1S/C12H18N4O4/c1-6(2)4-13-10(17)7(3)16-11(18)8-9(12(19)20)15-5-14-8/h5-7H,4H2,1-3H3,(H,13,17)(H,14,15)(H,16,18)(H,19,20). The van der Waals surface area contributed by atoms with Crippen LogP contribution in [0.4, 0.5) is 0 Å². The second-order valence-corrected chi connectivity index (χ2v) is 4.77. The van der Waals surface area contributed by atoms with E-state index in [1.165, 1.54) is 6.92 Å². The van der Waals surface area contributed by atoms with Gasteiger partial charge in [0.2, 0.25) is 5.91 Å². The molecule has 0 aromatic carbocycles. The number of carbonyl (C=O) groups is 3. The minimum atomic E-state index is -1.29. The summed E-state index contributed by atoms with van der Waals surface area (Å²) in [4.78, 5) is 40.4. The minimum absolute atomic E-state index is 0.249. The van der Waals surface area contributed by atoms with E-state index in [4.69, 9.17) is 5.11 Å². The van der Waals surface area contributed by atoms with Gasteiger partial charge in [0.25, 0.3) is 5.91 Å². The number of imidazole rings is 1. The summed E-state index contributed by atoms with van der Waals surface area (Å²) in [5.41, 5.74) is -0.557. The van der Waals surface area contributed by atoms with Gasteiger partial charge in [0, 0.05) is 6.54 Å². The van der Waals surface area contributed by atoms with Crippen LogP contribution in [0.5, 0.6) is 0 Å². The molecule has 20 heavy (non-hydrogen) atoms. The van der Waals surface area contributed by atoms with Crippen molar-refractivity contribution >= 4 is 17.8 Å². The monoisotopic (exact) mass is 282 g/mol. The van der Waals surface area contributed by atoms with Crippen molar-refractivity contribution in [2.75, 3.05) is 6.54 Å². The molecule has 0 aliphatic carbocycles. The Morgan fingerprint density at radius 3 is 2.55 bits per heavy atom. The molecule has 1 aromatic rings. The van der Waals surface area contributed by atoms with Crippen LogP contribution in [0, 0.1) is 5.92 Å². The molecule has 2 amide bonds. The molecule has 0 bridgehead atoms. The summed E-state index contributed by atoms with van der Waals surface area (Å²) >= 11 is 0. The number of amides is 2. The molecule has 8 nitrogen and oxygen atoms in total. The Bertz CT molecular complexity index is 509. The van der Waals surface area contributed by atoms with Gasteiger partial charge in [-0.2, -0.15) is 0 Å². The van der Waals surface area contributed by atoms with Crippen LogP contribution in [0.15, 0.2) is 6.33 Å². The molecule has 1 rings (SSSR count). The summed E-state index contributed by atoms with van der Waals surface area (Å²) in [6, 6.07) is -0.778. The molecule has 1 aromatic heterocycles. The number of hydrogen-bond donors (Lipinski definition) is 4. The zero-order valence-corrected chi connectivity index (χ0v) is 11.6. The fraction of sp³-hybridized carbons (Fsp3) is 0.500. The second-order valence-electron chi connectivity index (χ2n) is 4.77. The van der Waals surface area contributed by atoms with E-state index in [9.17, 15) is 14.4 Å². The van der Waals surface area contributed by atoms with E-state index < -0.39 is 17.9 Å². The van der Waals surface area contributed by atoms with Gasteiger partial charge in [0.05, 0.1) is 6.33 Å². The van der Waals surface area contributed by atoms with E-state index in [1.54, 1.807) is 0 Å². The van der Waals surface area contributed by atoms with Gasteiger partial charge in [0.15, 0.2) is 11.4 Å². The van der Waals surface area contributed by atoms with Crippen molar-refractivity contribution in [2.24, 2.45) is 5.92 Å². The van der Waals surface area contributed by atoms with Gasteiger partial charge >= 0.3 is 5.97 Å². The number of aromatic carboxylic acids is 1. The average Bonchev–Trinajstić information content (AvgIpc) is 2.84. The topological polar surface area (TPSA) is 124 Å². The number of nitrogens with zero attached hydrogens (tertiary/aromatic N) is 1. The molecule has 1 heterocycles. The van der Waals surface area contributed by atoms with Crippen molar-refractivity contribution in [3.05, 3.63) is 17.7 Å². The maximum Gasteiger partial charge on any atom is 0.354 e. The number of hydrogen-bond acceptors (Lipinski definition) is 4. The molecule has 110 valence electrons. The van der Waals surface area contributed by atoms with Gasteiger partial charge in [-0.15, -0.1) is 0 Å². The highest BCUT2D eigenvalue weighted by Crippen LogP contribution is 2.03. The molecule has 0 saturated heterocycles. The summed E-state index contributed by atoms with van der Waals surface area (Å²) in [5, 5.41) is 13.9. The normalized spacial score (nSPS) is 12.0. The smallest absolute Gasteiger partial charge is 0.354 e. The van der Waals surface area contributed by atoms with Crippen LogP contribution in [-0.2, 0) is 4.79 Å². The molecule has 0 aliphatic heterocycles. The van der Waals surface area contributed by atoms with Crippen LogP contribution < -0.4 is 10.6 Å². The second kappa shape index (κ2) is 6.69. The molecule has 0 saturated carbocycles. The largest absolute Gasteiger partial charge is 0.477 e. The summed E-state index contributed by atoms with van der Waals surface area (Å²) in [6.07, 6.45) is 1.11. The number of aromatic amines is 1. The van der Waals surface area contributed by atoms with Gasteiger partial charge in [-0.3, -0.25) is 9.59 Å². The van der Waals surface area contributed by atoms with E-state index in [0.29, 0.717) is 12.5 Å². The van der Waals surface area contributed by atoms with Gasteiger partial charge in [-0.1, -0.05) is 13.8 Å². The lowest BCUT2D eigenvalue weighted by Crippen LogP contribution is -2.46. The number of carboxylic acid groups (broad SMARTS) is 1. The van der Waals surface area contributed by atoms with E-state index in [2.05, 4.69) is 20.6 Å². The van der Waals surface area contributed by atoms with Crippen molar-refractivity contribution in [1.29, 1.82) is 0 Å². The third kappa shape index (κ3) is 4.08. The summed E-state index contributed by atoms with van der Waals surface area (Å²) < 4.78 is 0. The number of carbonyl (C=O) groups excluding carboxylic acids is 2. The van der Waals surface area contributed by atoms with Gasteiger partial charge in [-0.05, 0) is 12.8 Å². The first-order valence-corrected chi connectivity index (χ1v) is 6.18. The lowest BCUT2D eigenvalue weighted by molar-refractivity contribution is -0.122. The molecule has 1 atom stereocenters. The third-order valence-corrected chi connectivity index (χ3v) is 2.49. The van der Waals surface area contributed by atoms with Crippen LogP contribution >= 0.6 is 0 Å². The Hall–Kier alpha value is -2.38. The van der Waals surface area contributed by atoms with Crippen LogP contribution in [0.2, 0.25) is 0 Å². The molecule has 4 N–H and O–H groups in total. The fourth-order valence-electron chi connectivity index (χ4n) is 1.42. The van der Waals surface area contributed by atoms with Crippen LogP contribution in [-0.4, -0.2) is 45.4 Å². The molecule has 1 unspecified atom stereocenters. The Morgan fingerprint density at radius 2 is 2.00 bits per heavy atom. The number of nitrogens with one attached hydrogen (secondary N) is 3. The number of rotatable bonds is 6. The number of H-pyrrole nitrogens is 1. The molecule has 0 radical (unpaired) electrons. The molecular weight excluding hydrogens is 264 g/mol. The first-order chi connectivity index (χ1) is 9.32. The summed E-state index contributed by atoms with van der Waals surface area (Å²) in [7, 11) is 0. The fourth-order valence-corrected chi connectivity index (χ4v) is 1.42. The lowest BCUT2D eigenvalue weighted by atomic mass is 10.2. The van der Waals surface area contributed by atoms with Gasteiger partial charge < -0.3 is 20.7 Å². The van der Waals surface area contributed by atoms with E-state index in [-0.39, 0.29) is 17.3 Å². The minimum Gasteiger partial charge on any atom is -0.477 e. The molecule has 0 aliphatic rings. The highest BCUT2D eigenvalue weighted by atomic mass is 16.4. The SMILES string of the molecule is CC(C)CNC(=O)C(C)NC(=O)c1nc[nH]c1C(=O)O. The zero-order valence-electron chi connectivity index (χ0n) is 11.6. The first-order valence-electron chi connectivity index (χ1n) is 6.18. The summed E-state index contributed by atoms with van der Waals surface area (Å²) in [6.45, 7) is 5.92. The highest BCUT2D eigenvalue weighted by molar-refractivity contribution is 6.03. The Labute approximate surface area is 116 Å². The maximum absolute atomic E-state index is 11.8. The lowest BCUT2D eigenvalue weighted by Gasteiger charge is -2.14. The molecule has 0 spiro atoms. The molecule has 8 heteroatoms. The van der Waals surface area contributed by atoms with Gasteiger partial charge in [0.1, 0.15) is 6.04 Å². The maximum atomic E-state index is 11.8. The number of aromatic nitrogens is 2. The van der Waals surface area contributed by atoms with Crippen molar-refractivity contribution < 1.29 is 19.5 Å². The van der Waals surface area contributed by atoms with Crippen LogP contribution in [0.25, 0.3) is 0 Å². The average molecular weight is 282 g/mol. The summed E-state index contributed by atoms with van der Waals surface area (Å²) in [5.74, 6) is -2.04. The van der Waals surface area contributed by atoms with E-state index >= 15 is 0 Å². The predicted octanol–water partition coefficient (Wildman–Crippen LogP) is -0.00160. The highest BCUT2D eigenvalue weighted by Gasteiger charge is 2.23. The van der Waals surface area contributed by atoms with Crippen molar-refractivity contribution in [3.8, 4) is 0 Å². The number of carboxylic acids is 1. The zero-order chi connectivity index (χ0) is 15.3. The predicted molar refractivity (Wildman–Crippen MR) is 70.3 cm³/mol. The molecular formula is C12H18N4O4. The van der Waals surface area contributed by atoms with E-state index in [0.717, 1.165) is 6.33 Å². The molecule has 0 fully saturated rings. The Balaban J connectivity index is 2.63. The van der Waals surface area contributed by atoms with Crippen molar-refractivity contribution in [1.82, 2.24) is 20.6 Å². The van der Waals surface area contributed by atoms with Crippen LogP contribution in [0.3, 0.4) is 0 Å². The quantitative estimate of drug-likeness (QED) is 0.584. The van der Waals surface area contributed by atoms with Crippen molar-refractivity contribution in [3.63, 3.8) is 0 Å². The van der Waals surface area contributed by atoms with E-state index in [1.807, 2.05) is 13.8 Å².